The number of hydrogen-bond donors (Lipinski definition) is 3. The Bertz CT molecular complexity index is 912. The molecule has 0 saturated carbocycles. The molecule has 1 heterocycles. The van der Waals surface area contributed by atoms with E-state index in [-0.39, 0.29) is 22.3 Å². The van der Waals surface area contributed by atoms with Crippen LogP contribution < -0.4 is 15.4 Å². The Morgan fingerprint density at radius 1 is 1.22 bits per heavy atom. The number of para-hydroxylation sites is 1. The average Bonchev–Trinajstić information content (AvgIpc) is 3.10. The number of ether oxygens (including phenoxy) is 1. The Morgan fingerprint density at radius 3 is 2.56 bits per heavy atom. The fraction of sp³-hybridized carbons (Fsp3) is 0.316. The number of carbonyl (C=O) groups is 1. The summed E-state index contributed by atoms with van der Waals surface area (Å²) in [6.07, 6.45) is -0.119. The van der Waals surface area contributed by atoms with Crippen molar-refractivity contribution in [2.24, 2.45) is 0 Å². The number of nitrogens with one attached hydrogen (secondary N) is 2. The second-order valence-electron chi connectivity index (χ2n) is 6.32. The summed E-state index contributed by atoms with van der Waals surface area (Å²) >= 11 is 0. The van der Waals surface area contributed by atoms with Crippen LogP contribution in [0, 0.1) is 0 Å². The lowest BCUT2D eigenvalue weighted by molar-refractivity contribution is -0.117. The molecule has 144 valence electrons. The first kappa shape index (κ1) is 19.3. The summed E-state index contributed by atoms with van der Waals surface area (Å²) in [6, 6.07) is 12.7. The van der Waals surface area contributed by atoms with Crippen LogP contribution in [0.2, 0.25) is 0 Å². The minimum atomic E-state index is -3.40. The topological polar surface area (TPSA) is 105 Å². The minimum absolute atomic E-state index is 0.0117. The van der Waals surface area contributed by atoms with Gasteiger partial charge in [0.1, 0.15) is 16.4 Å². The molecule has 0 aliphatic carbocycles. The molecule has 2 aromatic carbocycles. The number of amides is 1. The van der Waals surface area contributed by atoms with Gasteiger partial charge in [-0.05, 0) is 42.8 Å². The molecule has 1 saturated heterocycles. The second-order valence-corrected chi connectivity index (χ2v) is 8.56. The standard InChI is InChI=1S/C19H22N2O5S/c1-2-27(24,25)18-6-4-3-5-17(18)26-15-9-7-13(8-10-15)21-19(23)16-11-14(22)12-20-16/h3-10,14,16,20,22H,2,11-12H2,1H3,(H,21,23). The number of anilines is 1. The third-order valence-corrected chi connectivity index (χ3v) is 6.11. The molecule has 3 rings (SSSR count). The molecule has 1 aliphatic rings. The number of hydrogen-bond acceptors (Lipinski definition) is 6. The maximum absolute atomic E-state index is 12.2. The largest absolute Gasteiger partial charge is 0.456 e. The highest BCUT2D eigenvalue weighted by Gasteiger charge is 2.28. The van der Waals surface area contributed by atoms with Crippen molar-refractivity contribution in [3.8, 4) is 11.5 Å². The Balaban J connectivity index is 1.69. The van der Waals surface area contributed by atoms with Crippen LogP contribution in [0.25, 0.3) is 0 Å². The molecule has 1 aliphatic heterocycles. The van der Waals surface area contributed by atoms with Gasteiger partial charge in [-0.2, -0.15) is 0 Å². The van der Waals surface area contributed by atoms with Gasteiger partial charge in [0, 0.05) is 12.2 Å². The molecule has 2 aromatic rings. The first-order chi connectivity index (χ1) is 12.9. The van der Waals surface area contributed by atoms with Crippen molar-refractivity contribution in [1.29, 1.82) is 0 Å². The van der Waals surface area contributed by atoms with Crippen LogP contribution in [-0.2, 0) is 14.6 Å². The van der Waals surface area contributed by atoms with Crippen LogP contribution in [0.4, 0.5) is 5.69 Å². The lowest BCUT2D eigenvalue weighted by Gasteiger charge is -2.13. The Kier molecular flexibility index (Phi) is 5.79. The summed E-state index contributed by atoms with van der Waals surface area (Å²) in [5.74, 6) is 0.503. The molecule has 0 radical (unpaired) electrons. The molecular weight excluding hydrogens is 368 g/mol. The zero-order valence-electron chi connectivity index (χ0n) is 14.9. The molecule has 2 atom stereocenters. The molecule has 7 nitrogen and oxygen atoms in total. The van der Waals surface area contributed by atoms with Crippen molar-refractivity contribution in [1.82, 2.24) is 5.32 Å². The van der Waals surface area contributed by atoms with Crippen LogP contribution in [-0.4, -0.2) is 43.9 Å². The number of β-amino-alcohol motifs (C(OH)–C–C–N with tert-alkyl or cyclic N) is 1. The fourth-order valence-corrected chi connectivity index (χ4v) is 3.84. The first-order valence-corrected chi connectivity index (χ1v) is 10.4. The Labute approximate surface area is 158 Å². The van der Waals surface area contributed by atoms with Crippen molar-refractivity contribution < 1.29 is 23.1 Å². The number of sulfone groups is 1. The molecule has 0 bridgehead atoms. The summed E-state index contributed by atoms with van der Waals surface area (Å²) in [5, 5.41) is 15.2. The highest BCUT2D eigenvalue weighted by Crippen LogP contribution is 2.30. The van der Waals surface area contributed by atoms with Gasteiger partial charge in [0.05, 0.1) is 17.9 Å². The fourth-order valence-electron chi connectivity index (χ4n) is 2.83. The van der Waals surface area contributed by atoms with Gasteiger partial charge in [-0.3, -0.25) is 4.79 Å². The third-order valence-electron chi connectivity index (χ3n) is 4.34. The van der Waals surface area contributed by atoms with E-state index in [0.717, 1.165) is 0 Å². The van der Waals surface area contributed by atoms with Crippen molar-refractivity contribution in [2.75, 3.05) is 17.6 Å². The van der Waals surface area contributed by atoms with Crippen molar-refractivity contribution in [2.45, 2.75) is 30.4 Å². The summed E-state index contributed by atoms with van der Waals surface area (Å²) in [7, 11) is -3.40. The molecule has 0 spiro atoms. The van der Waals surface area contributed by atoms with Gasteiger partial charge in [-0.15, -0.1) is 0 Å². The van der Waals surface area contributed by atoms with E-state index in [9.17, 15) is 18.3 Å². The van der Waals surface area contributed by atoms with Gasteiger partial charge in [0.15, 0.2) is 9.84 Å². The summed E-state index contributed by atoms with van der Waals surface area (Å²) in [6.45, 7) is 1.99. The SMILES string of the molecule is CCS(=O)(=O)c1ccccc1Oc1ccc(NC(=O)C2CC(O)CN2)cc1. The number of rotatable bonds is 6. The Hall–Kier alpha value is -2.42. The van der Waals surface area contributed by atoms with E-state index in [0.29, 0.717) is 24.4 Å². The van der Waals surface area contributed by atoms with Crippen molar-refractivity contribution in [3.05, 3.63) is 48.5 Å². The summed E-state index contributed by atoms with van der Waals surface area (Å²) in [5.41, 5.74) is 0.588. The van der Waals surface area contributed by atoms with Gasteiger partial charge < -0.3 is 20.5 Å². The molecule has 3 N–H and O–H groups in total. The molecule has 0 aromatic heterocycles. The third kappa shape index (κ3) is 4.65. The molecule has 8 heteroatoms. The summed E-state index contributed by atoms with van der Waals surface area (Å²) in [4.78, 5) is 12.3. The van der Waals surface area contributed by atoms with Gasteiger partial charge in [-0.1, -0.05) is 19.1 Å². The molecule has 2 unspecified atom stereocenters. The molecule has 1 amide bonds. The lowest BCUT2D eigenvalue weighted by Crippen LogP contribution is -2.35. The van der Waals surface area contributed by atoms with Crippen LogP contribution in [0.3, 0.4) is 0 Å². The molecular formula is C19H22N2O5S. The lowest BCUT2D eigenvalue weighted by atomic mass is 10.2. The zero-order chi connectivity index (χ0) is 19.4. The normalized spacial score (nSPS) is 19.6. The van der Waals surface area contributed by atoms with Crippen molar-refractivity contribution in [3.63, 3.8) is 0 Å². The quantitative estimate of drug-likeness (QED) is 0.696. The average molecular weight is 390 g/mol. The molecule has 1 fully saturated rings. The van der Waals surface area contributed by atoms with Gasteiger partial charge in [0.25, 0.3) is 0 Å². The smallest absolute Gasteiger partial charge is 0.241 e. The van der Waals surface area contributed by atoms with Gasteiger partial charge in [0.2, 0.25) is 5.91 Å². The maximum Gasteiger partial charge on any atom is 0.241 e. The minimum Gasteiger partial charge on any atom is -0.456 e. The van der Waals surface area contributed by atoms with Gasteiger partial charge in [-0.25, -0.2) is 8.42 Å². The van der Waals surface area contributed by atoms with E-state index < -0.39 is 22.0 Å². The van der Waals surface area contributed by atoms with E-state index in [1.807, 2.05) is 0 Å². The predicted molar refractivity (Wildman–Crippen MR) is 102 cm³/mol. The monoisotopic (exact) mass is 390 g/mol. The number of benzene rings is 2. The Morgan fingerprint density at radius 2 is 1.93 bits per heavy atom. The summed E-state index contributed by atoms with van der Waals surface area (Å²) < 4.78 is 30.1. The van der Waals surface area contributed by atoms with Crippen molar-refractivity contribution >= 4 is 21.4 Å². The van der Waals surface area contributed by atoms with Gasteiger partial charge >= 0.3 is 0 Å². The number of aliphatic hydroxyl groups excluding tert-OH is 1. The van der Waals surface area contributed by atoms with E-state index in [1.54, 1.807) is 49.4 Å². The van der Waals surface area contributed by atoms with Crippen LogP contribution in [0.5, 0.6) is 11.5 Å². The molecule has 27 heavy (non-hydrogen) atoms. The van der Waals surface area contributed by atoms with Crippen LogP contribution >= 0.6 is 0 Å². The number of carbonyl (C=O) groups excluding carboxylic acids is 1. The second kappa shape index (κ2) is 8.08. The number of aliphatic hydroxyl groups is 1. The van der Waals surface area contributed by atoms with E-state index in [1.165, 1.54) is 6.07 Å². The van der Waals surface area contributed by atoms with Crippen LogP contribution in [0.15, 0.2) is 53.4 Å². The zero-order valence-corrected chi connectivity index (χ0v) is 15.7. The highest BCUT2D eigenvalue weighted by atomic mass is 32.2. The van der Waals surface area contributed by atoms with E-state index in [2.05, 4.69) is 10.6 Å². The van der Waals surface area contributed by atoms with E-state index >= 15 is 0 Å². The predicted octanol–water partition coefficient (Wildman–Crippen LogP) is 1.93. The maximum atomic E-state index is 12.2. The first-order valence-electron chi connectivity index (χ1n) is 8.71. The van der Waals surface area contributed by atoms with Crippen LogP contribution in [0.1, 0.15) is 13.3 Å². The van der Waals surface area contributed by atoms with E-state index in [4.69, 9.17) is 4.74 Å². The highest BCUT2D eigenvalue weighted by molar-refractivity contribution is 7.91.